The van der Waals surface area contributed by atoms with Gasteiger partial charge in [-0.05, 0) is 38.9 Å². The van der Waals surface area contributed by atoms with Crippen LogP contribution in [0.1, 0.15) is 33.7 Å². The Morgan fingerprint density at radius 3 is 1.41 bits per heavy atom. The number of carbonyl (C=O) groups excluding carboxylic acids is 3. The van der Waals surface area contributed by atoms with Gasteiger partial charge in [-0.25, -0.2) is 22.8 Å². The quantitative estimate of drug-likeness (QED) is 0.0345. The molecule has 0 radical (unpaired) electrons. The van der Waals surface area contributed by atoms with Crippen molar-refractivity contribution < 1.29 is 45.8 Å². The van der Waals surface area contributed by atoms with E-state index in [1.54, 1.807) is 91.0 Å². The van der Waals surface area contributed by atoms with E-state index in [0.29, 0.717) is 16.7 Å². The number of amides is 2. The molecular weight excluding hydrogens is 731 g/mol. The summed E-state index contributed by atoms with van der Waals surface area (Å²) in [5.74, 6) is -19.5. The van der Waals surface area contributed by atoms with E-state index in [1.807, 2.05) is 48.5 Å². The number of nitrogens with one attached hydrogen (secondary N) is 1. The van der Waals surface area contributed by atoms with Crippen LogP contribution in [0.5, 0.6) is 5.75 Å². The maximum Gasteiger partial charge on any atom is 0.407 e. The second-order valence-electron chi connectivity index (χ2n) is 13.1. The van der Waals surface area contributed by atoms with E-state index in [2.05, 4.69) is 5.32 Å². The lowest BCUT2D eigenvalue weighted by Gasteiger charge is -2.43. The topological polar surface area (TPSA) is 108 Å². The molecule has 7 nitrogen and oxygen atoms in total. The number of carbonyl (C=O) groups is 3. The molecule has 0 spiro atoms. The van der Waals surface area contributed by atoms with Gasteiger partial charge in [0.2, 0.25) is 40.7 Å². The fourth-order valence-corrected chi connectivity index (χ4v) is 7.65. The van der Waals surface area contributed by atoms with Gasteiger partial charge in [0, 0.05) is 5.92 Å². The Kier molecular flexibility index (Phi) is 10.4. The van der Waals surface area contributed by atoms with Crippen molar-refractivity contribution in [3.8, 4) is 16.9 Å². The van der Waals surface area contributed by atoms with Crippen molar-refractivity contribution >= 4 is 18.0 Å². The monoisotopic (exact) mass is 762 g/mol. The van der Waals surface area contributed by atoms with Crippen LogP contribution in [0.2, 0.25) is 0 Å². The van der Waals surface area contributed by atoms with Gasteiger partial charge in [0.25, 0.3) is 0 Å². The molecule has 3 N–H and O–H groups in total. The standard InChI is InChI=1S/C44H31F5N2O5/c45-34-35(46)37(48)40(38(49)36(34)47)56-42(53)39(51-43(54)55-24-32-30-22-12-10-20-28(30)29-21-11-13-23-31(29)32)33(41(50)52)44(25-14-4-1-5-15-25,26-16-6-2-7-17-26)27-18-8-3-9-19-27/h1-23,32-33,39H,24H2,(H2,50,52)(H,51,54)/t33?,39-/m0/s1. The molecule has 0 heterocycles. The van der Waals surface area contributed by atoms with Gasteiger partial charge in [-0.2, -0.15) is 8.78 Å². The normalized spacial score (nSPS) is 13.2. The lowest BCUT2D eigenvalue weighted by molar-refractivity contribution is -0.142. The van der Waals surface area contributed by atoms with E-state index < -0.39 is 76.1 Å². The van der Waals surface area contributed by atoms with Gasteiger partial charge in [-0.15, -0.1) is 0 Å². The zero-order valence-electron chi connectivity index (χ0n) is 29.2. The zero-order chi connectivity index (χ0) is 39.6. The molecule has 0 bridgehead atoms. The van der Waals surface area contributed by atoms with Crippen molar-refractivity contribution in [2.24, 2.45) is 11.7 Å². The fourth-order valence-electron chi connectivity index (χ4n) is 7.65. The number of benzene rings is 6. The molecule has 0 aliphatic heterocycles. The summed E-state index contributed by atoms with van der Waals surface area (Å²) < 4.78 is 83.4. The van der Waals surface area contributed by atoms with Crippen molar-refractivity contribution in [3.63, 3.8) is 0 Å². The number of alkyl carbamates (subject to hydrolysis) is 1. The van der Waals surface area contributed by atoms with Gasteiger partial charge in [0.05, 0.1) is 11.3 Å². The van der Waals surface area contributed by atoms with E-state index in [4.69, 9.17) is 15.2 Å². The Morgan fingerprint density at radius 1 is 0.589 bits per heavy atom. The summed E-state index contributed by atoms with van der Waals surface area (Å²) in [7, 11) is 0. The second kappa shape index (κ2) is 15.5. The largest absolute Gasteiger partial charge is 0.449 e. The minimum atomic E-state index is -2.49. The number of ether oxygens (including phenoxy) is 2. The van der Waals surface area contributed by atoms with Gasteiger partial charge in [-0.1, -0.05) is 140 Å². The van der Waals surface area contributed by atoms with Crippen LogP contribution >= 0.6 is 0 Å². The number of fused-ring (bicyclic) bond motifs is 3. The Hall–Kier alpha value is -6.82. The maximum atomic E-state index is 15.0. The second-order valence-corrected chi connectivity index (χ2v) is 13.1. The lowest BCUT2D eigenvalue weighted by atomic mass is 9.59. The van der Waals surface area contributed by atoms with Crippen molar-refractivity contribution in [2.45, 2.75) is 17.4 Å². The molecular formula is C44H31F5N2O5. The molecule has 56 heavy (non-hydrogen) atoms. The molecule has 1 unspecified atom stereocenters. The van der Waals surface area contributed by atoms with Crippen LogP contribution in [0.25, 0.3) is 11.1 Å². The first-order valence-electron chi connectivity index (χ1n) is 17.4. The van der Waals surface area contributed by atoms with Gasteiger partial charge in [-0.3, -0.25) is 4.79 Å². The van der Waals surface area contributed by atoms with Gasteiger partial charge >= 0.3 is 12.1 Å². The van der Waals surface area contributed by atoms with Crippen molar-refractivity contribution in [1.82, 2.24) is 5.32 Å². The van der Waals surface area contributed by atoms with Gasteiger partial charge < -0.3 is 20.5 Å². The molecule has 6 aromatic rings. The summed E-state index contributed by atoms with van der Waals surface area (Å²) in [6, 6.07) is 37.7. The van der Waals surface area contributed by atoms with Crippen molar-refractivity contribution in [1.29, 1.82) is 0 Å². The minimum Gasteiger partial charge on any atom is -0.449 e. The minimum absolute atomic E-state index is 0.262. The van der Waals surface area contributed by atoms with E-state index in [-0.39, 0.29) is 6.61 Å². The molecule has 282 valence electrons. The average Bonchev–Trinajstić information content (AvgIpc) is 3.55. The van der Waals surface area contributed by atoms with Crippen molar-refractivity contribution in [2.75, 3.05) is 6.61 Å². The highest BCUT2D eigenvalue weighted by molar-refractivity contribution is 5.93. The highest BCUT2D eigenvalue weighted by Crippen LogP contribution is 2.48. The molecule has 12 heteroatoms. The maximum absolute atomic E-state index is 15.0. The highest BCUT2D eigenvalue weighted by atomic mass is 19.2. The smallest absolute Gasteiger partial charge is 0.407 e. The van der Waals surface area contributed by atoms with Crippen LogP contribution in [0.15, 0.2) is 140 Å². The number of halogens is 5. The molecule has 7 rings (SSSR count). The third-order valence-electron chi connectivity index (χ3n) is 10.0. The fraction of sp³-hybridized carbons (Fsp3) is 0.114. The predicted octanol–water partition coefficient (Wildman–Crippen LogP) is 8.33. The summed E-state index contributed by atoms with van der Waals surface area (Å²) in [5.41, 5.74) is 9.12. The zero-order valence-corrected chi connectivity index (χ0v) is 29.2. The van der Waals surface area contributed by atoms with Crippen LogP contribution in [-0.2, 0) is 19.7 Å². The third kappa shape index (κ3) is 6.52. The van der Waals surface area contributed by atoms with Crippen LogP contribution < -0.4 is 15.8 Å². The summed E-state index contributed by atoms with van der Waals surface area (Å²) >= 11 is 0. The summed E-state index contributed by atoms with van der Waals surface area (Å²) in [5, 5.41) is 2.34. The molecule has 0 saturated heterocycles. The first-order chi connectivity index (χ1) is 27.0. The molecule has 2 amide bonds. The predicted molar refractivity (Wildman–Crippen MR) is 196 cm³/mol. The first-order valence-corrected chi connectivity index (χ1v) is 17.4. The summed E-state index contributed by atoms with van der Waals surface area (Å²) in [4.78, 5) is 42.4. The van der Waals surface area contributed by atoms with E-state index in [9.17, 15) is 27.6 Å². The SMILES string of the molecule is NC(=O)C([C@H](NC(=O)OCC1c2ccccc2-c2ccccc21)C(=O)Oc1c(F)c(F)c(F)c(F)c1F)C(c1ccccc1)(c1ccccc1)c1ccccc1. The van der Waals surface area contributed by atoms with Crippen LogP contribution in [0.3, 0.4) is 0 Å². The number of rotatable bonds is 11. The van der Waals surface area contributed by atoms with Crippen LogP contribution in [0.4, 0.5) is 26.7 Å². The Balaban J connectivity index is 1.36. The van der Waals surface area contributed by atoms with E-state index in [1.165, 1.54) is 0 Å². The van der Waals surface area contributed by atoms with Crippen molar-refractivity contribution in [3.05, 3.63) is 196 Å². The molecule has 0 aromatic heterocycles. The highest BCUT2D eigenvalue weighted by Gasteiger charge is 2.54. The molecule has 0 fully saturated rings. The number of esters is 1. The van der Waals surface area contributed by atoms with E-state index in [0.717, 1.165) is 22.3 Å². The van der Waals surface area contributed by atoms with Gasteiger partial charge in [0.1, 0.15) is 12.6 Å². The van der Waals surface area contributed by atoms with Crippen LogP contribution in [-0.4, -0.2) is 30.6 Å². The number of hydrogen-bond acceptors (Lipinski definition) is 5. The third-order valence-corrected chi connectivity index (χ3v) is 10.0. The molecule has 1 aliphatic rings. The molecule has 1 aliphatic carbocycles. The van der Waals surface area contributed by atoms with Gasteiger partial charge in [0.15, 0.2) is 0 Å². The Labute approximate surface area is 317 Å². The number of hydrogen-bond donors (Lipinski definition) is 2. The lowest BCUT2D eigenvalue weighted by Crippen LogP contribution is -2.60. The first kappa shape index (κ1) is 37.5. The molecule has 0 saturated carbocycles. The molecule has 2 atom stereocenters. The molecule has 6 aromatic carbocycles. The summed E-state index contributed by atoms with van der Waals surface area (Å²) in [6.45, 7) is -0.262. The van der Waals surface area contributed by atoms with Crippen LogP contribution in [0, 0.1) is 35.0 Å². The van der Waals surface area contributed by atoms with E-state index >= 15 is 8.78 Å². The number of primary amides is 1. The number of nitrogens with two attached hydrogens (primary N) is 1. The summed E-state index contributed by atoms with van der Waals surface area (Å²) in [6.07, 6.45) is -1.28. The average molecular weight is 763 g/mol. The Bertz CT molecular complexity index is 2260. The Morgan fingerprint density at radius 2 is 0.982 bits per heavy atom.